The van der Waals surface area contributed by atoms with E-state index in [1.54, 1.807) is 0 Å². The van der Waals surface area contributed by atoms with Crippen LogP contribution in [0.1, 0.15) is 51.3 Å². The maximum Gasteiger partial charge on any atom is 0.326 e. The van der Waals surface area contributed by atoms with Gasteiger partial charge < -0.3 is 19.7 Å². The Morgan fingerprint density at radius 2 is 2.05 bits per heavy atom. The van der Waals surface area contributed by atoms with E-state index in [0.717, 1.165) is 19.4 Å². The zero-order valence-corrected chi connectivity index (χ0v) is 13.6. The van der Waals surface area contributed by atoms with Crippen molar-refractivity contribution in [3.05, 3.63) is 28.2 Å². The highest BCUT2D eigenvalue weighted by Crippen LogP contribution is 2.19. The van der Waals surface area contributed by atoms with Gasteiger partial charge in [-0.05, 0) is 26.4 Å². The molecule has 0 fully saturated rings. The van der Waals surface area contributed by atoms with Crippen LogP contribution >= 0.6 is 0 Å². The summed E-state index contributed by atoms with van der Waals surface area (Å²) in [6.45, 7) is 5.36. The molecule has 0 aliphatic carbocycles. The van der Waals surface area contributed by atoms with E-state index in [4.69, 9.17) is 0 Å². The normalized spacial score (nSPS) is 12.5. The molecule has 0 aliphatic rings. The topological polar surface area (TPSA) is 82.8 Å². The summed E-state index contributed by atoms with van der Waals surface area (Å²) in [6.07, 6.45) is 4.51. The maximum absolute atomic E-state index is 11.7. The Morgan fingerprint density at radius 3 is 2.59 bits per heavy atom. The SMILES string of the molecule is CCCCN(C)Cc1cc(=O)c(O)cn1C(CCC)C(=O)O. The van der Waals surface area contributed by atoms with E-state index >= 15 is 0 Å². The van der Waals surface area contributed by atoms with E-state index in [1.807, 2.05) is 14.0 Å². The van der Waals surface area contributed by atoms with E-state index in [1.165, 1.54) is 16.8 Å². The quantitative estimate of drug-likeness (QED) is 0.730. The summed E-state index contributed by atoms with van der Waals surface area (Å²) >= 11 is 0. The lowest BCUT2D eigenvalue weighted by Crippen LogP contribution is -2.28. The van der Waals surface area contributed by atoms with Crippen molar-refractivity contribution < 1.29 is 15.0 Å². The minimum Gasteiger partial charge on any atom is -0.503 e. The third-order valence-corrected chi connectivity index (χ3v) is 3.65. The molecule has 6 heteroatoms. The summed E-state index contributed by atoms with van der Waals surface area (Å²) in [5.41, 5.74) is 0.137. The number of nitrogens with zero attached hydrogens (tertiary/aromatic N) is 2. The number of aromatic nitrogens is 1. The molecule has 124 valence electrons. The molecule has 1 atom stereocenters. The molecule has 0 saturated carbocycles. The second-order valence-corrected chi connectivity index (χ2v) is 5.66. The molecule has 2 N–H and O–H groups in total. The highest BCUT2D eigenvalue weighted by atomic mass is 16.4. The highest BCUT2D eigenvalue weighted by Gasteiger charge is 2.21. The van der Waals surface area contributed by atoms with Gasteiger partial charge in [0.15, 0.2) is 5.75 Å². The van der Waals surface area contributed by atoms with E-state index in [-0.39, 0.29) is 0 Å². The van der Waals surface area contributed by atoms with Crippen LogP contribution in [0.2, 0.25) is 0 Å². The molecule has 0 bridgehead atoms. The molecule has 1 aromatic heterocycles. The molecule has 6 nitrogen and oxygen atoms in total. The summed E-state index contributed by atoms with van der Waals surface area (Å²) in [7, 11) is 1.94. The van der Waals surface area contributed by atoms with Crippen LogP contribution in [0.4, 0.5) is 0 Å². The van der Waals surface area contributed by atoms with Crippen LogP contribution in [-0.4, -0.2) is 39.2 Å². The number of aliphatic carboxylic acids is 1. The number of carboxylic acid groups (broad SMARTS) is 1. The first-order chi connectivity index (χ1) is 10.4. The van der Waals surface area contributed by atoms with Gasteiger partial charge in [-0.2, -0.15) is 0 Å². The fourth-order valence-corrected chi connectivity index (χ4v) is 2.43. The van der Waals surface area contributed by atoms with E-state index < -0.39 is 23.2 Å². The molecule has 0 amide bonds. The smallest absolute Gasteiger partial charge is 0.326 e. The van der Waals surface area contributed by atoms with Crippen LogP contribution in [0.3, 0.4) is 0 Å². The van der Waals surface area contributed by atoms with Gasteiger partial charge in [0.05, 0.1) is 6.20 Å². The second kappa shape index (κ2) is 8.58. The standard InChI is InChI=1S/C16H26N2O4/c1-4-6-8-17(3)10-12-9-14(19)15(20)11-18(12)13(7-5-2)16(21)22/h9,11,13,20H,4-8,10H2,1-3H3,(H,21,22). The summed E-state index contributed by atoms with van der Waals surface area (Å²) in [6, 6.07) is 0.565. The number of hydrogen-bond donors (Lipinski definition) is 2. The zero-order chi connectivity index (χ0) is 16.7. The summed E-state index contributed by atoms with van der Waals surface area (Å²) in [5, 5.41) is 19.1. The molecular formula is C16H26N2O4. The molecule has 0 spiro atoms. The van der Waals surface area contributed by atoms with Crippen molar-refractivity contribution in [1.29, 1.82) is 0 Å². The van der Waals surface area contributed by atoms with Crippen LogP contribution in [0.25, 0.3) is 0 Å². The summed E-state index contributed by atoms with van der Waals surface area (Å²) in [4.78, 5) is 25.3. The monoisotopic (exact) mass is 310 g/mol. The van der Waals surface area contributed by atoms with E-state index in [2.05, 4.69) is 11.8 Å². The van der Waals surface area contributed by atoms with Crippen LogP contribution in [0.5, 0.6) is 5.75 Å². The predicted octanol–water partition coefficient (Wildman–Crippen LogP) is 2.21. The number of rotatable bonds is 9. The average molecular weight is 310 g/mol. The van der Waals surface area contributed by atoms with Crippen molar-refractivity contribution in [3.8, 4) is 5.75 Å². The van der Waals surface area contributed by atoms with Crippen molar-refractivity contribution in [2.24, 2.45) is 0 Å². The van der Waals surface area contributed by atoms with Gasteiger partial charge in [-0.15, -0.1) is 0 Å². The Hall–Kier alpha value is -1.82. The van der Waals surface area contributed by atoms with E-state index in [0.29, 0.717) is 25.1 Å². The number of unbranched alkanes of at least 4 members (excludes halogenated alkanes) is 1. The largest absolute Gasteiger partial charge is 0.503 e. The third kappa shape index (κ3) is 4.87. The lowest BCUT2D eigenvalue weighted by Gasteiger charge is -2.24. The van der Waals surface area contributed by atoms with Crippen molar-refractivity contribution in [2.45, 2.75) is 52.1 Å². The van der Waals surface area contributed by atoms with Crippen LogP contribution in [0, 0.1) is 0 Å². The molecule has 0 aliphatic heterocycles. The fourth-order valence-electron chi connectivity index (χ4n) is 2.43. The lowest BCUT2D eigenvalue weighted by atomic mass is 10.1. The van der Waals surface area contributed by atoms with Crippen LogP contribution in [-0.2, 0) is 11.3 Å². The first-order valence-electron chi connectivity index (χ1n) is 7.76. The van der Waals surface area contributed by atoms with Crippen LogP contribution < -0.4 is 5.43 Å². The highest BCUT2D eigenvalue weighted by molar-refractivity contribution is 5.72. The summed E-state index contributed by atoms with van der Waals surface area (Å²) in [5.74, 6) is -1.37. The zero-order valence-electron chi connectivity index (χ0n) is 13.6. The average Bonchev–Trinajstić information content (AvgIpc) is 2.46. The molecule has 0 aromatic carbocycles. The molecule has 1 heterocycles. The van der Waals surface area contributed by atoms with E-state index in [9.17, 15) is 19.8 Å². The number of carboxylic acids is 1. The second-order valence-electron chi connectivity index (χ2n) is 5.66. The Balaban J connectivity index is 3.15. The Morgan fingerprint density at radius 1 is 1.36 bits per heavy atom. The van der Waals surface area contributed by atoms with Gasteiger partial charge in [-0.3, -0.25) is 4.79 Å². The van der Waals surface area contributed by atoms with Crippen molar-refractivity contribution in [1.82, 2.24) is 9.47 Å². The number of hydrogen-bond acceptors (Lipinski definition) is 4. The third-order valence-electron chi connectivity index (χ3n) is 3.65. The van der Waals surface area contributed by atoms with Gasteiger partial charge in [-0.25, -0.2) is 4.79 Å². The van der Waals surface area contributed by atoms with Gasteiger partial charge in [-0.1, -0.05) is 26.7 Å². The first-order valence-corrected chi connectivity index (χ1v) is 7.76. The summed E-state index contributed by atoms with van der Waals surface area (Å²) < 4.78 is 1.52. The molecule has 0 radical (unpaired) electrons. The molecule has 1 rings (SSSR count). The van der Waals surface area contributed by atoms with Gasteiger partial charge >= 0.3 is 5.97 Å². The fraction of sp³-hybridized carbons (Fsp3) is 0.625. The number of carbonyl (C=O) groups is 1. The minimum absolute atomic E-state index is 0.415. The van der Waals surface area contributed by atoms with Gasteiger partial charge in [0.2, 0.25) is 5.43 Å². The minimum atomic E-state index is -0.956. The molecule has 1 unspecified atom stereocenters. The van der Waals surface area contributed by atoms with Crippen molar-refractivity contribution in [3.63, 3.8) is 0 Å². The van der Waals surface area contributed by atoms with Crippen molar-refractivity contribution >= 4 is 5.97 Å². The Kier molecular flexibility index (Phi) is 7.11. The maximum atomic E-state index is 11.7. The molecular weight excluding hydrogens is 284 g/mol. The van der Waals surface area contributed by atoms with Crippen molar-refractivity contribution in [2.75, 3.05) is 13.6 Å². The van der Waals surface area contributed by atoms with Crippen LogP contribution in [0.15, 0.2) is 17.1 Å². The number of pyridine rings is 1. The first kappa shape index (κ1) is 18.2. The van der Waals surface area contributed by atoms with Gasteiger partial charge in [0.1, 0.15) is 6.04 Å². The molecule has 1 aromatic rings. The Labute approximate surface area is 131 Å². The van der Waals surface area contributed by atoms with Gasteiger partial charge in [0, 0.05) is 18.3 Å². The van der Waals surface area contributed by atoms with Gasteiger partial charge in [0.25, 0.3) is 0 Å². The predicted molar refractivity (Wildman–Crippen MR) is 85.2 cm³/mol. The molecule has 0 saturated heterocycles. The molecule has 22 heavy (non-hydrogen) atoms. The Bertz CT molecular complexity index is 554. The lowest BCUT2D eigenvalue weighted by molar-refractivity contribution is -0.141. The number of aromatic hydroxyl groups is 1.